The second-order valence-corrected chi connectivity index (χ2v) is 9.84. The standard InChI is InChI=1S/C35H26N2/c1-5-23-17-27(15-21(3)33(23)36)35(28-16-22(4)34(37)24(6-2)18-28)31-14-10-9-13-29(31)30-19-25-11-7-8-12-26(25)20-32(30)35/h1-2,7-20H,36-37H2,3-4H3. The van der Waals surface area contributed by atoms with Crippen LogP contribution in [0.1, 0.15) is 44.5 Å². The van der Waals surface area contributed by atoms with Crippen LogP contribution in [0.5, 0.6) is 0 Å². The lowest BCUT2D eigenvalue weighted by molar-refractivity contribution is 0.767. The molecule has 0 fully saturated rings. The zero-order valence-electron chi connectivity index (χ0n) is 20.9. The van der Waals surface area contributed by atoms with Gasteiger partial charge in [-0.05, 0) is 93.4 Å². The predicted octanol–water partition coefficient (Wildman–Crippen LogP) is 6.95. The molecule has 2 heteroatoms. The minimum atomic E-state index is -0.663. The molecule has 1 aliphatic rings. The molecule has 5 aromatic rings. The summed E-state index contributed by atoms with van der Waals surface area (Å²) >= 11 is 0. The van der Waals surface area contributed by atoms with Crippen LogP contribution in [0.4, 0.5) is 11.4 Å². The average molecular weight is 475 g/mol. The number of nitrogens with two attached hydrogens (primary N) is 2. The molecule has 0 heterocycles. The molecule has 37 heavy (non-hydrogen) atoms. The third-order valence-electron chi connectivity index (χ3n) is 7.86. The maximum absolute atomic E-state index is 6.41. The van der Waals surface area contributed by atoms with Crippen molar-refractivity contribution in [3.05, 3.63) is 129 Å². The zero-order valence-corrected chi connectivity index (χ0v) is 20.9. The highest BCUT2D eigenvalue weighted by Gasteiger charge is 2.47. The summed E-state index contributed by atoms with van der Waals surface area (Å²) in [6, 6.07) is 30.1. The van der Waals surface area contributed by atoms with Crippen molar-refractivity contribution in [3.8, 4) is 35.8 Å². The summed E-state index contributed by atoms with van der Waals surface area (Å²) < 4.78 is 0. The van der Waals surface area contributed by atoms with E-state index >= 15 is 0 Å². The number of rotatable bonds is 2. The number of anilines is 2. The molecule has 0 saturated heterocycles. The van der Waals surface area contributed by atoms with Gasteiger partial charge in [0, 0.05) is 11.1 Å². The number of aryl methyl sites for hydroxylation is 2. The Morgan fingerprint density at radius 2 is 1.11 bits per heavy atom. The molecule has 0 saturated carbocycles. The highest BCUT2D eigenvalue weighted by Crippen LogP contribution is 2.57. The number of hydrogen-bond donors (Lipinski definition) is 2. The summed E-state index contributed by atoms with van der Waals surface area (Å²) in [4.78, 5) is 0. The lowest BCUT2D eigenvalue weighted by Gasteiger charge is -2.35. The Bertz CT molecular complexity index is 1770. The number of nitrogen functional groups attached to an aromatic ring is 2. The lowest BCUT2D eigenvalue weighted by Crippen LogP contribution is -2.29. The topological polar surface area (TPSA) is 52.0 Å². The van der Waals surface area contributed by atoms with Crippen molar-refractivity contribution in [1.29, 1.82) is 0 Å². The zero-order chi connectivity index (χ0) is 25.9. The molecule has 176 valence electrons. The third-order valence-corrected chi connectivity index (χ3v) is 7.86. The first kappa shape index (κ1) is 22.5. The summed E-state index contributed by atoms with van der Waals surface area (Å²) in [7, 11) is 0. The molecule has 0 amide bonds. The Morgan fingerprint density at radius 1 is 0.595 bits per heavy atom. The second kappa shape index (κ2) is 8.06. The van der Waals surface area contributed by atoms with Crippen LogP contribution in [0.15, 0.2) is 84.9 Å². The van der Waals surface area contributed by atoms with Crippen molar-refractivity contribution in [2.45, 2.75) is 19.3 Å². The first-order chi connectivity index (χ1) is 17.9. The molecule has 1 aliphatic carbocycles. The molecule has 0 radical (unpaired) electrons. The van der Waals surface area contributed by atoms with Crippen LogP contribution in [0.3, 0.4) is 0 Å². The molecule has 0 unspecified atom stereocenters. The van der Waals surface area contributed by atoms with Gasteiger partial charge in [0.2, 0.25) is 0 Å². The van der Waals surface area contributed by atoms with Crippen molar-refractivity contribution in [1.82, 2.24) is 0 Å². The average Bonchev–Trinajstić information content (AvgIpc) is 3.20. The molecule has 0 aromatic heterocycles. The van der Waals surface area contributed by atoms with E-state index in [-0.39, 0.29) is 0 Å². The third kappa shape index (κ3) is 3.03. The van der Waals surface area contributed by atoms with Crippen LogP contribution in [0.25, 0.3) is 21.9 Å². The molecule has 5 aromatic carbocycles. The molecule has 0 atom stereocenters. The number of terminal acetylenes is 2. The Labute approximate surface area is 218 Å². The van der Waals surface area contributed by atoms with Crippen molar-refractivity contribution >= 4 is 22.1 Å². The minimum absolute atomic E-state index is 0.629. The van der Waals surface area contributed by atoms with E-state index in [1.807, 2.05) is 13.8 Å². The van der Waals surface area contributed by atoms with Gasteiger partial charge in [-0.2, -0.15) is 0 Å². The van der Waals surface area contributed by atoms with Crippen LogP contribution in [-0.4, -0.2) is 0 Å². The van der Waals surface area contributed by atoms with E-state index in [9.17, 15) is 0 Å². The van der Waals surface area contributed by atoms with Gasteiger partial charge in [-0.1, -0.05) is 72.5 Å². The molecule has 2 nitrogen and oxygen atoms in total. The molecule has 0 bridgehead atoms. The van der Waals surface area contributed by atoms with E-state index in [1.54, 1.807) is 0 Å². The van der Waals surface area contributed by atoms with Gasteiger partial charge in [0.05, 0.1) is 16.8 Å². The Hall–Kier alpha value is -4.92. The van der Waals surface area contributed by atoms with Crippen LogP contribution in [-0.2, 0) is 5.41 Å². The fourth-order valence-corrected chi connectivity index (χ4v) is 6.02. The maximum Gasteiger partial charge on any atom is 0.0714 e. The van der Waals surface area contributed by atoms with Crippen molar-refractivity contribution in [2.24, 2.45) is 0 Å². The summed E-state index contributed by atoms with van der Waals surface area (Å²) in [5.74, 6) is 5.62. The minimum Gasteiger partial charge on any atom is -0.398 e. The van der Waals surface area contributed by atoms with Gasteiger partial charge in [0.15, 0.2) is 0 Å². The van der Waals surface area contributed by atoms with Crippen molar-refractivity contribution < 1.29 is 0 Å². The lowest BCUT2D eigenvalue weighted by atomic mass is 9.66. The molecule has 4 N–H and O–H groups in total. The fourth-order valence-electron chi connectivity index (χ4n) is 6.02. The van der Waals surface area contributed by atoms with E-state index in [2.05, 4.69) is 96.8 Å². The van der Waals surface area contributed by atoms with E-state index in [4.69, 9.17) is 24.3 Å². The first-order valence-corrected chi connectivity index (χ1v) is 12.3. The second-order valence-electron chi connectivity index (χ2n) is 9.84. The van der Waals surface area contributed by atoms with E-state index < -0.39 is 5.41 Å². The molecule has 0 spiro atoms. The number of benzene rings is 5. The monoisotopic (exact) mass is 474 g/mol. The normalized spacial score (nSPS) is 13.0. The summed E-state index contributed by atoms with van der Waals surface area (Å²) in [5, 5.41) is 2.37. The van der Waals surface area contributed by atoms with Crippen LogP contribution in [0, 0.1) is 38.5 Å². The molecule has 6 rings (SSSR count). The van der Waals surface area contributed by atoms with Gasteiger partial charge in [-0.3, -0.25) is 0 Å². The van der Waals surface area contributed by atoms with E-state index in [1.165, 1.54) is 33.0 Å². The molecule has 0 aliphatic heterocycles. The summed E-state index contributed by atoms with van der Waals surface area (Å²) in [6.45, 7) is 4.02. The van der Waals surface area contributed by atoms with Gasteiger partial charge in [-0.25, -0.2) is 0 Å². The Balaban J connectivity index is 1.86. The largest absolute Gasteiger partial charge is 0.398 e. The van der Waals surface area contributed by atoms with Crippen LogP contribution >= 0.6 is 0 Å². The highest BCUT2D eigenvalue weighted by molar-refractivity contribution is 5.96. The Kier molecular flexibility index (Phi) is 4.91. The maximum atomic E-state index is 6.41. The number of hydrogen-bond acceptors (Lipinski definition) is 2. The Morgan fingerprint density at radius 3 is 1.68 bits per heavy atom. The van der Waals surface area contributed by atoms with Gasteiger partial charge in [0.25, 0.3) is 0 Å². The van der Waals surface area contributed by atoms with Crippen LogP contribution in [0.2, 0.25) is 0 Å². The fraction of sp³-hybridized carbons (Fsp3) is 0.0857. The number of fused-ring (bicyclic) bond motifs is 4. The smallest absolute Gasteiger partial charge is 0.0714 e. The molecular weight excluding hydrogens is 448 g/mol. The quantitative estimate of drug-likeness (QED) is 0.211. The van der Waals surface area contributed by atoms with Gasteiger partial charge in [-0.15, -0.1) is 12.8 Å². The summed E-state index contributed by atoms with van der Waals surface area (Å²) in [5.41, 5.74) is 23.5. The highest BCUT2D eigenvalue weighted by atomic mass is 14.6. The van der Waals surface area contributed by atoms with Crippen molar-refractivity contribution in [2.75, 3.05) is 11.5 Å². The van der Waals surface area contributed by atoms with Gasteiger partial charge >= 0.3 is 0 Å². The van der Waals surface area contributed by atoms with Gasteiger partial charge in [0.1, 0.15) is 0 Å². The SMILES string of the molecule is C#Cc1cc(C2(c3cc(C)c(N)c(C#C)c3)c3ccccc3-c3cc4ccccc4cc32)cc(C)c1N. The first-order valence-electron chi connectivity index (χ1n) is 12.3. The van der Waals surface area contributed by atoms with Gasteiger partial charge < -0.3 is 11.5 Å². The molecular formula is C35H26N2. The van der Waals surface area contributed by atoms with E-state index in [0.29, 0.717) is 22.5 Å². The van der Waals surface area contributed by atoms with E-state index in [0.717, 1.165) is 22.3 Å². The van der Waals surface area contributed by atoms with Crippen LogP contribution < -0.4 is 11.5 Å². The summed E-state index contributed by atoms with van der Waals surface area (Å²) in [6.07, 6.45) is 11.9. The predicted molar refractivity (Wildman–Crippen MR) is 155 cm³/mol. The van der Waals surface area contributed by atoms with Crippen molar-refractivity contribution in [3.63, 3.8) is 0 Å².